The van der Waals surface area contributed by atoms with E-state index in [9.17, 15) is 4.79 Å². The van der Waals surface area contributed by atoms with E-state index in [2.05, 4.69) is 28.5 Å². The molecule has 0 aliphatic carbocycles. The number of nitrogens with one attached hydrogen (secondary N) is 1. The zero-order valence-electron chi connectivity index (χ0n) is 16.3. The minimum absolute atomic E-state index is 0.0345. The van der Waals surface area contributed by atoms with Crippen LogP contribution in [0.5, 0.6) is 0 Å². The fourth-order valence-electron chi connectivity index (χ4n) is 2.34. The first-order valence-electron chi connectivity index (χ1n) is 8.39. The topological polar surface area (TPSA) is 80.4 Å². The lowest BCUT2D eigenvalue weighted by molar-refractivity contribution is 0.101. The Morgan fingerprint density at radius 1 is 1.38 bits per heavy atom. The van der Waals surface area contributed by atoms with E-state index in [1.807, 2.05) is 39.8 Å². The van der Waals surface area contributed by atoms with E-state index in [0.717, 1.165) is 16.7 Å². The van der Waals surface area contributed by atoms with Gasteiger partial charge in [0.2, 0.25) is 0 Å². The molecule has 0 radical (unpaired) electrons. The second-order valence-electron chi connectivity index (χ2n) is 6.31. The number of nitrogens with two attached hydrogens (primary N) is 1. The van der Waals surface area contributed by atoms with Crippen LogP contribution in [0.4, 0.5) is 5.82 Å². The smallest absolute Gasteiger partial charge is 0.163 e. The highest BCUT2D eigenvalue weighted by atomic mass is 16.1. The van der Waals surface area contributed by atoms with E-state index in [4.69, 9.17) is 5.73 Å². The molecule has 1 atom stereocenters. The second-order valence-corrected chi connectivity index (χ2v) is 6.31. The first-order chi connectivity index (χ1) is 12.1. The van der Waals surface area contributed by atoms with Crippen LogP contribution in [0.2, 0.25) is 0 Å². The van der Waals surface area contributed by atoms with Gasteiger partial charge in [-0.1, -0.05) is 19.2 Å². The Hall–Kier alpha value is -2.95. The lowest BCUT2D eigenvalue weighted by atomic mass is 10.0. The summed E-state index contributed by atoms with van der Waals surface area (Å²) in [6.07, 6.45) is 6.99. The molecule has 1 aromatic heterocycles. The third-order valence-electron chi connectivity index (χ3n) is 3.73. The summed E-state index contributed by atoms with van der Waals surface area (Å²) in [6.45, 7) is 16.6. The van der Waals surface area contributed by atoms with Gasteiger partial charge < -0.3 is 11.1 Å². The van der Waals surface area contributed by atoms with Crippen molar-refractivity contribution >= 4 is 17.8 Å². The number of aliphatic imine (C=N–C) groups is 1. The van der Waals surface area contributed by atoms with Gasteiger partial charge in [-0.05, 0) is 63.5 Å². The number of pyridine rings is 1. The molecule has 0 aliphatic rings. The maximum atomic E-state index is 11.9. The van der Waals surface area contributed by atoms with Crippen LogP contribution in [0.15, 0.2) is 65.1 Å². The van der Waals surface area contributed by atoms with E-state index in [0.29, 0.717) is 22.8 Å². The number of aryl methyl sites for hydroxylation is 1. The van der Waals surface area contributed by atoms with Gasteiger partial charge in [-0.2, -0.15) is 0 Å². The van der Waals surface area contributed by atoms with Crippen molar-refractivity contribution in [2.45, 2.75) is 40.7 Å². The molecule has 5 nitrogen and oxygen atoms in total. The Bertz CT molecular complexity index is 796. The highest BCUT2D eigenvalue weighted by Gasteiger charge is 2.14. The van der Waals surface area contributed by atoms with Gasteiger partial charge in [0.05, 0.1) is 17.3 Å². The lowest BCUT2D eigenvalue weighted by Crippen LogP contribution is -2.22. The van der Waals surface area contributed by atoms with Gasteiger partial charge in [-0.3, -0.25) is 9.79 Å². The van der Waals surface area contributed by atoms with Crippen LogP contribution < -0.4 is 11.1 Å². The van der Waals surface area contributed by atoms with Gasteiger partial charge in [0.1, 0.15) is 5.82 Å². The molecule has 0 fully saturated rings. The number of Topliss-reactive ketones (excluding diaryl/α,β-unsaturated/α-hetero) is 1. The van der Waals surface area contributed by atoms with Crippen molar-refractivity contribution in [3.63, 3.8) is 0 Å². The van der Waals surface area contributed by atoms with Gasteiger partial charge in [0, 0.05) is 18.1 Å². The summed E-state index contributed by atoms with van der Waals surface area (Å²) < 4.78 is 0. The van der Waals surface area contributed by atoms with E-state index in [1.165, 1.54) is 6.92 Å². The van der Waals surface area contributed by atoms with Crippen LogP contribution in [0.1, 0.15) is 43.6 Å². The highest BCUT2D eigenvalue weighted by molar-refractivity contribution is 5.98. The molecule has 0 spiro atoms. The first-order valence-corrected chi connectivity index (χ1v) is 8.39. The Morgan fingerprint density at radius 3 is 2.58 bits per heavy atom. The van der Waals surface area contributed by atoms with Gasteiger partial charge in [-0.25, -0.2) is 4.98 Å². The number of ketones is 1. The van der Waals surface area contributed by atoms with E-state index in [1.54, 1.807) is 18.5 Å². The van der Waals surface area contributed by atoms with E-state index in [-0.39, 0.29) is 11.8 Å². The normalized spacial score (nSPS) is 14.0. The molecule has 1 unspecified atom stereocenters. The molecule has 1 heterocycles. The van der Waals surface area contributed by atoms with Gasteiger partial charge >= 0.3 is 0 Å². The van der Waals surface area contributed by atoms with Gasteiger partial charge in [-0.15, -0.1) is 0 Å². The average Bonchev–Trinajstić information content (AvgIpc) is 2.58. The molecular formula is C21H28N4O. The van der Waals surface area contributed by atoms with Crippen LogP contribution in [0, 0.1) is 6.92 Å². The SMILES string of the molecule is C=CC(=C)N=C/C(C)=C\C(=C(/C)N)C(C)Nc1ncc(C)cc1C(C)=O. The molecule has 1 aromatic rings. The summed E-state index contributed by atoms with van der Waals surface area (Å²) >= 11 is 0. The molecule has 0 amide bonds. The molecule has 0 bridgehead atoms. The highest BCUT2D eigenvalue weighted by Crippen LogP contribution is 2.19. The number of allylic oxidation sites excluding steroid dienone is 3. The number of carbonyl (C=O) groups is 1. The number of hydrogen-bond acceptors (Lipinski definition) is 5. The number of hydrogen-bond donors (Lipinski definition) is 2. The predicted octanol–water partition coefficient (Wildman–Crippen LogP) is 4.34. The van der Waals surface area contributed by atoms with E-state index >= 15 is 0 Å². The first kappa shape index (κ1) is 21.1. The number of carbonyl (C=O) groups excluding carboxylic acids is 1. The fourth-order valence-corrected chi connectivity index (χ4v) is 2.34. The zero-order valence-corrected chi connectivity index (χ0v) is 16.3. The molecule has 0 saturated heterocycles. The minimum atomic E-state index is -0.140. The maximum Gasteiger partial charge on any atom is 0.163 e. The molecule has 138 valence electrons. The number of aromatic nitrogens is 1. The van der Waals surface area contributed by atoms with Gasteiger partial charge in [0.15, 0.2) is 5.78 Å². The monoisotopic (exact) mass is 352 g/mol. The van der Waals surface area contributed by atoms with Crippen LogP contribution >= 0.6 is 0 Å². The number of anilines is 1. The summed E-state index contributed by atoms with van der Waals surface area (Å²) in [5.41, 5.74) is 10.7. The lowest BCUT2D eigenvalue weighted by Gasteiger charge is -2.19. The Morgan fingerprint density at radius 2 is 2.04 bits per heavy atom. The zero-order chi connectivity index (χ0) is 19.9. The molecule has 5 heteroatoms. The second kappa shape index (κ2) is 9.51. The number of nitrogens with zero attached hydrogens (tertiary/aromatic N) is 2. The molecular weight excluding hydrogens is 324 g/mol. The summed E-state index contributed by atoms with van der Waals surface area (Å²) in [5, 5.41) is 3.29. The summed E-state index contributed by atoms with van der Waals surface area (Å²) in [5.74, 6) is 0.516. The Labute approximate surface area is 156 Å². The standard InChI is InChI=1S/C21H28N4O/c1-8-15(4)23-11-13(2)9-19(16(5)22)17(6)25-21-20(18(7)26)10-14(3)12-24-21/h8-12,17H,1,4,22H2,2-3,5-7H3,(H,24,25)/b13-9-,19-16-,23-11?. The Balaban J connectivity index is 3.12. The van der Waals surface area contributed by atoms with Crippen molar-refractivity contribution in [2.24, 2.45) is 10.7 Å². The molecule has 0 aromatic carbocycles. The van der Waals surface area contributed by atoms with Crippen molar-refractivity contribution in [3.8, 4) is 0 Å². The van der Waals surface area contributed by atoms with Crippen molar-refractivity contribution in [1.29, 1.82) is 0 Å². The molecule has 0 aliphatic heterocycles. The van der Waals surface area contributed by atoms with Crippen molar-refractivity contribution in [2.75, 3.05) is 5.32 Å². The van der Waals surface area contributed by atoms with Crippen molar-refractivity contribution in [1.82, 2.24) is 4.98 Å². The summed E-state index contributed by atoms with van der Waals surface area (Å²) in [4.78, 5) is 20.5. The summed E-state index contributed by atoms with van der Waals surface area (Å²) in [6, 6.07) is 1.69. The largest absolute Gasteiger partial charge is 0.402 e. The van der Waals surface area contributed by atoms with E-state index < -0.39 is 0 Å². The molecule has 1 rings (SSSR count). The van der Waals surface area contributed by atoms with Crippen LogP contribution in [-0.2, 0) is 0 Å². The summed E-state index contributed by atoms with van der Waals surface area (Å²) in [7, 11) is 0. The Kier molecular flexibility index (Phi) is 7.72. The molecule has 26 heavy (non-hydrogen) atoms. The maximum absolute atomic E-state index is 11.9. The quantitative estimate of drug-likeness (QED) is 0.414. The fraction of sp³-hybridized carbons (Fsp3) is 0.286. The van der Waals surface area contributed by atoms with Crippen molar-refractivity contribution < 1.29 is 4.79 Å². The number of rotatable bonds is 8. The molecule has 3 N–H and O–H groups in total. The van der Waals surface area contributed by atoms with Crippen LogP contribution in [0.3, 0.4) is 0 Å². The van der Waals surface area contributed by atoms with Crippen molar-refractivity contribution in [3.05, 3.63) is 71.2 Å². The van der Waals surface area contributed by atoms with Gasteiger partial charge in [0.25, 0.3) is 0 Å². The third kappa shape index (κ3) is 6.16. The minimum Gasteiger partial charge on any atom is -0.402 e. The third-order valence-corrected chi connectivity index (χ3v) is 3.73. The average molecular weight is 352 g/mol. The van der Waals surface area contributed by atoms with Crippen LogP contribution in [-0.4, -0.2) is 23.0 Å². The van der Waals surface area contributed by atoms with Crippen LogP contribution in [0.25, 0.3) is 0 Å². The predicted molar refractivity (Wildman–Crippen MR) is 111 cm³/mol. The molecule has 0 saturated carbocycles.